The van der Waals surface area contributed by atoms with Crippen LogP contribution in [0.3, 0.4) is 0 Å². The van der Waals surface area contributed by atoms with Gasteiger partial charge in [-0.2, -0.15) is 0 Å². The topological polar surface area (TPSA) is 20.2 Å². The van der Waals surface area contributed by atoms with Gasteiger partial charge >= 0.3 is 0 Å². The minimum atomic E-state index is -0.459. The first kappa shape index (κ1) is 13.1. The van der Waals surface area contributed by atoms with Gasteiger partial charge in [0.25, 0.3) is 0 Å². The lowest BCUT2D eigenvalue weighted by atomic mass is 9.53. The molecule has 1 fully saturated rings. The zero-order valence-corrected chi connectivity index (χ0v) is 11.9. The molecule has 2 aliphatic carbocycles. The molecular formula is C16H28O. The van der Waals surface area contributed by atoms with E-state index in [0.29, 0.717) is 5.41 Å². The van der Waals surface area contributed by atoms with Crippen molar-refractivity contribution in [2.24, 2.45) is 16.7 Å². The highest BCUT2D eigenvalue weighted by atomic mass is 16.3. The van der Waals surface area contributed by atoms with Crippen molar-refractivity contribution in [1.29, 1.82) is 0 Å². The third kappa shape index (κ3) is 2.19. The number of aliphatic hydroxyl groups is 1. The quantitative estimate of drug-likeness (QED) is 0.673. The van der Waals surface area contributed by atoms with Crippen LogP contribution in [0.4, 0.5) is 0 Å². The second-order valence-corrected chi connectivity index (χ2v) is 7.41. The molecule has 1 heteroatoms. The van der Waals surface area contributed by atoms with E-state index in [2.05, 4.69) is 39.8 Å². The summed E-state index contributed by atoms with van der Waals surface area (Å²) in [4.78, 5) is 0. The van der Waals surface area contributed by atoms with E-state index >= 15 is 0 Å². The van der Waals surface area contributed by atoms with Gasteiger partial charge in [-0.3, -0.25) is 0 Å². The Balaban J connectivity index is 2.22. The van der Waals surface area contributed by atoms with Crippen LogP contribution in [0.5, 0.6) is 0 Å². The van der Waals surface area contributed by atoms with Gasteiger partial charge in [-0.1, -0.05) is 39.8 Å². The molecule has 2 rings (SSSR count). The summed E-state index contributed by atoms with van der Waals surface area (Å²) in [6.07, 6.45) is 10.8. The van der Waals surface area contributed by atoms with Crippen LogP contribution >= 0.6 is 0 Å². The van der Waals surface area contributed by atoms with Crippen molar-refractivity contribution >= 4 is 0 Å². The lowest BCUT2D eigenvalue weighted by Crippen LogP contribution is -2.52. The minimum absolute atomic E-state index is 0.105. The predicted molar refractivity (Wildman–Crippen MR) is 72.8 cm³/mol. The summed E-state index contributed by atoms with van der Waals surface area (Å²) in [5, 5.41) is 11.0. The van der Waals surface area contributed by atoms with E-state index in [9.17, 15) is 5.11 Å². The zero-order valence-electron chi connectivity index (χ0n) is 11.9. The minimum Gasteiger partial charge on any atom is -0.389 e. The van der Waals surface area contributed by atoms with Crippen LogP contribution < -0.4 is 0 Å². The molecule has 0 aromatic rings. The average Bonchev–Trinajstić information content (AvgIpc) is 2.24. The Kier molecular flexibility index (Phi) is 3.18. The first-order valence-corrected chi connectivity index (χ1v) is 7.17. The Labute approximate surface area is 106 Å². The first-order valence-electron chi connectivity index (χ1n) is 7.17. The van der Waals surface area contributed by atoms with Crippen molar-refractivity contribution in [1.82, 2.24) is 0 Å². The Hall–Kier alpha value is -0.300. The molecule has 3 unspecified atom stereocenters. The molecule has 98 valence electrons. The fraction of sp³-hybridized carbons (Fsp3) is 0.875. The number of rotatable bonds is 1. The summed E-state index contributed by atoms with van der Waals surface area (Å²) in [6, 6.07) is 0. The van der Waals surface area contributed by atoms with Gasteiger partial charge in [-0.15, -0.1) is 0 Å². The molecule has 0 bridgehead atoms. The molecule has 0 aromatic heterocycles. The van der Waals surface area contributed by atoms with Crippen LogP contribution in [0.15, 0.2) is 12.2 Å². The standard InChI is InChI=1S/C16H28O/c1-13-8-11-15(4,12-14(13,2)3)16(17)9-6-5-7-10-16/h5-6,13,17H,7-12H2,1-4H3. The molecule has 0 amide bonds. The summed E-state index contributed by atoms with van der Waals surface area (Å²) < 4.78 is 0. The fourth-order valence-corrected chi connectivity index (χ4v) is 3.96. The highest BCUT2D eigenvalue weighted by Crippen LogP contribution is 2.56. The zero-order chi connectivity index (χ0) is 12.7. The SMILES string of the molecule is CC1CCC(C)(C2(O)CC=CCC2)CC1(C)C. The van der Waals surface area contributed by atoms with Crippen LogP contribution in [0.2, 0.25) is 0 Å². The summed E-state index contributed by atoms with van der Waals surface area (Å²) in [7, 11) is 0. The maximum absolute atomic E-state index is 11.0. The summed E-state index contributed by atoms with van der Waals surface area (Å²) in [5.41, 5.74) is 0.0107. The third-order valence-electron chi connectivity index (χ3n) is 5.78. The summed E-state index contributed by atoms with van der Waals surface area (Å²) in [6.45, 7) is 9.43. The van der Waals surface area contributed by atoms with Crippen molar-refractivity contribution < 1.29 is 5.11 Å². The Morgan fingerprint density at radius 3 is 2.35 bits per heavy atom. The summed E-state index contributed by atoms with van der Waals surface area (Å²) in [5.74, 6) is 0.776. The Morgan fingerprint density at radius 2 is 1.82 bits per heavy atom. The molecule has 2 aliphatic rings. The van der Waals surface area contributed by atoms with Gasteiger partial charge in [0.15, 0.2) is 0 Å². The highest BCUT2D eigenvalue weighted by molar-refractivity contribution is 5.09. The van der Waals surface area contributed by atoms with Gasteiger partial charge in [0.05, 0.1) is 5.60 Å². The molecule has 0 radical (unpaired) electrons. The van der Waals surface area contributed by atoms with E-state index < -0.39 is 5.60 Å². The van der Waals surface area contributed by atoms with Crippen molar-refractivity contribution in [3.8, 4) is 0 Å². The molecule has 1 saturated carbocycles. The Bertz CT molecular complexity index is 317. The van der Waals surface area contributed by atoms with E-state index in [0.717, 1.165) is 31.6 Å². The van der Waals surface area contributed by atoms with E-state index in [1.54, 1.807) is 0 Å². The average molecular weight is 236 g/mol. The molecule has 0 aliphatic heterocycles. The Morgan fingerprint density at radius 1 is 1.12 bits per heavy atom. The van der Waals surface area contributed by atoms with Gasteiger partial charge in [0, 0.05) is 0 Å². The van der Waals surface area contributed by atoms with E-state index in [4.69, 9.17) is 0 Å². The summed E-state index contributed by atoms with van der Waals surface area (Å²) >= 11 is 0. The molecule has 1 N–H and O–H groups in total. The van der Waals surface area contributed by atoms with Gasteiger partial charge in [0.1, 0.15) is 0 Å². The number of hydrogen-bond donors (Lipinski definition) is 1. The first-order chi connectivity index (χ1) is 7.79. The van der Waals surface area contributed by atoms with Crippen molar-refractivity contribution in [3.63, 3.8) is 0 Å². The van der Waals surface area contributed by atoms with Crippen molar-refractivity contribution in [2.75, 3.05) is 0 Å². The van der Waals surface area contributed by atoms with Gasteiger partial charge < -0.3 is 5.11 Å². The third-order valence-corrected chi connectivity index (χ3v) is 5.78. The number of allylic oxidation sites excluding steroid dienone is 1. The number of hydrogen-bond acceptors (Lipinski definition) is 1. The maximum atomic E-state index is 11.0. The molecule has 1 nitrogen and oxygen atoms in total. The van der Waals surface area contributed by atoms with E-state index in [1.807, 2.05) is 0 Å². The lowest BCUT2D eigenvalue weighted by molar-refractivity contribution is -0.130. The van der Waals surface area contributed by atoms with Crippen molar-refractivity contribution in [2.45, 2.75) is 71.8 Å². The lowest BCUT2D eigenvalue weighted by Gasteiger charge is -2.54. The second-order valence-electron chi connectivity index (χ2n) is 7.41. The van der Waals surface area contributed by atoms with Crippen LogP contribution in [0.1, 0.15) is 66.2 Å². The molecule has 3 atom stereocenters. The normalized spacial score (nSPS) is 45.8. The van der Waals surface area contributed by atoms with Crippen LogP contribution in [-0.4, -0.2) is 10.7 Å². The molecule has 0 aromatic carbocycles. The molecular weight excluding hydrogens is 208 g/mol. The smallest absolute Gasteiger partial charge is 0.0738 e. The van der Waals surface area contributed by atoms with E-state index in [1.165, 1.54) is 12.8 Å². The van der Waals surface area contributed by atoms with Crippen LogP contribution in [0.25, 0.3) is 0 Å². The van der Waals surface area contributed by atoms with E-state index in [-0.39, 0.29) is 5.41 Å². The molecule has 17 heavy (non-hydrogen) atoms. The van der Waals surface area contributed by atoms with Crippen LogP contribution in [-0.2, 0) is 0 Å². The second kappa shape index (κ2) is 4.12. The van der Waals surface area contributed by atoms with Gasteiger partial charge in [0.2, 0.25) is 0 Å². The van der Waals surface area contributed by atoms with Crippen molar-refractivity contribution in [3.05, 3.63) is 12.2 Å². The molecule has 0 spiro atoms. The monoisotopic (exact) mass is 236 g/mol. The van der Waals surface area contributed by atoms with Gasteiger partial charge in [-0.05, 0) is 55.3 Å². The van der Waals surface area contributed by atoms with Gasteiger partial charge in [-0.25, -0.2) is 0 Å². The largest absolute Gasteiger partial charge is 0.389 e. The molecule has 0 heterocycles. The maximum Gasteiger partial charge on any atom is 0.0738 e. The predicted octanol–water partition coefficient (Wildman–Crippen LogP) is 4.31. The van der Waals surface area contributed by atoms with Crippen LogP contribution in [0, 0.1) is 16.7 Å². The molecule has 0 saturated heterocycles. The highest BCUT2D eigenvalue weighted by Gasteiger charge is 2.51. The fourth-order valence-electron chi connectivity index (χ4n) is 3.96.